The van der Waals surface area contributed by atoms with Crippen molar-refractivity contribution in [3.8, 4) is 11.5 Å². The van der Waals surface area contributed by atoms with Crippen molar-refractivity contribution in [3.05, 3.63) is 89.5 Å². The molecule has 0 bridgehead atoms. The normalized spacial score (nSPS) is 11.5. The highest BCUT2D eigenvalue weighted by Gasteiger charge is 2.18. The molecule has 4 rings (SSSR count). The fraction of sp³-hybridized carbons (Fsp3) is 0.125. The van der Waals surface area contributed by atoms with E-state index in [2.05, 4.69) is 16.0 Å². The molecule has 3 aromatic rings. The summed E-state index contributed by atoms with van der Waals surface area (Å²) >= 11 is 0. The number of anilines is 1. The van der Waals surface area contributed by atoms with Gasteiger partial charge in [0.05, 0.1) is 11.3 Å². The van der Waals surface area contributed by atoms with E-state index in [9.17, 15) is 14.4 Å². The van der Waals surface area contributed by atoms with E-state index in [0.717, 1.165) is 11.1 Å². The molecule has 0 radical (unpaired) electrons. The van der Waals surface area contributed by atoms with Gasteiger partial charge in [-0.05, 0) is 35.4 Å². The van der Waals surface area contributed by atoms with Crippen LogP contribution in [0.1, 0.15) is 21.5 Å². The fourth-order valence-corrected chi connectivity index (χ4v) is 3.16. The minimum Gasteiger partial charge on any atom is -0.454 e. The van der Waals surface area contributed by atoms with Crippen molar-refractivity contribution in [2.75, 3.05) is 12.1 Å². The van der Waals surface area contributed by atoms with Gasteiger partial charge < -0.3 is 25.4 Å². The Balaban J connectivity index is 1.34. The molecule has 0 fully saturated rings. The Kier molecular flexibility index (Phi) is 6.31. The molecule has 3 aromatic carbocycles. The van der Waals surface area contributed by atoms with Gasteiger partial charge in [-0.2, -0.15) is 0 Å². The Morgan fingerprint density at radius 2 is 1.44 bits per heavy atom. The second-order valence-electron chi connectivity index (χ2n) is 7.04. The van der Waals surface area contributed by atoms with Crippen LogP contribution in [-0.4, -0.2) is 24.5 Å². The summed E-state index contributed by atoms with van der Waals surface area (Å²) in [7, 11) is 0. The first-order valence-corrected chi connectivity index (χ1v) is 9.99. The van der Waals surface area contributed by atoms with Crippen LogP contribution in [0.4, 0.5) is 5.69 Å². The van der Waals surface area contributed by atoms with Gasteiger partial charge in [-0.3, -0.25) is 14.4 Å². The van der Waals surface area contributed by atoms with E-state index in [-0.39, 0.29) is 30.5 Å². The highest BCUT2D eigenvalue weighted by molar-refractivity contribution is 6.40. The maximum absolute atomic E-state index is 12.6. The maximum Gasteiger partial charge on any atom is 0.313 e. The van der Waals surface area contributed by atoms with Crippen molar-refractivity contribution in [2.24, 2.45) is 0 Å². The quantitative estimate of drug-likeness (QED) is 0.521. The molecule has 3 amide bonds. The number of fused-ring (bicyclic) bond motifs is 1. The van der Waals surface area contributed by atoms with Gasteiger partial charge in [0, 0.05) is 13.1 Å². The summed E-state index contributed by atoms with van der Waals surface area (Å²) in [6, 6.07) is 21.3. The number of amides is 3. The minimum atomic E-state index is -0.867. The lowest BCUT2D eigenvalue weighted by atomic mass is 10.1. The Morgan fingerprint density at radius 3 is 2.28 bits per heavy atom. The molecule has 1 heterocycles. The van der Waals surface area contributed by atoms with Crippen molar-refractivity contribution in [3.63, 3.8) is 0 Å². The second kappa shape index (κ2) is 9.65. The van der Waals surface area contributed by atoms with Crippen LogP contribution < -0.4 is 25.4 Å². The average Bonchev–Trinajstić information content (AvgIpc) is 3.30. The SMILES string of the molecule is O=C(NCc1ccc2c(c1)OCO2)C(=O)Nc1ccccc1C(=O)NCc1ccccc1. The first-order valence-electron chi connectivity index (χ1n) is 9.99. The summed E-state index contributed by atoms with van der Waals surface area (Å²) in [5, 5.41) is 7.88. The van der Waals surface area contributed by atoms with Crippen LogP contribution in [0, 0.1) is 0 Å². The maximum atomic E-state index is 12.6. The van der Waals surface area contributed by atoms with E-state index in [1.165, 1.54) is 0 Å². The van der Waals surface area contributed by atoms with E-state index >= 15 is 0 Å². The summed E-state index contributed by atoms with van der Waals surface area (Å²) in [6.07, 6.45) is 0. The molecule has 0 saturated carbocycles. The minimum absolute atomic E-state index is 0.141. The molecule has 1 aliphatic heterocycles. The zero-order valence-electron chi connectivity index (χ0n) is 17.1. The van der Waals surface area contributed by atoms with Gasteiger partial charge in [0.25, 0.3) is 5.91 Å². The lowest BCUT2D eigenvalue weighted by molar-refractivity contribution is -0.136. The number of nitrogens with one attached hydrogen (secondary N) is 3. The van der Waals surface area contributed by atoms with Crippen LogP contribution in [0.2, 0.25) is 0 Å². The van der Waals surface area contributed by atoms with Gasteiger partial charge in [-0.25, -0.2) is 0 Å². The molecule has 32 heavy (non-hydrogen) atoms. The van der Waals surface area contributed by atoms with Gasteiger partial charge in [-0.15, -0.1) is 0 Å². The van der Waals surface area contributed by atoms with Crippen molar-refractivity contribution in [1.82, 2.24) is 10.6 Å². The van der Waals surface area contributed by atoms with E-state index in [0.29, 0.717) is 18.0 Å². The summed E-state index contributed by atoms with van der Waals surface area (Å²) in [5.41, 5.74) is 2.22. The van der Waals surface area contributed by atoms with Gasteiger partial charge in [0.15, 0.2) is 11.5 Å². The largest absolute Gasteiger partial charge is 0.454 e. The van der Waals surface area contributed by atoms with E-state index in [1.807, 2.05) is 30.3 Å². The van der Waals surface area contributed by atoms with E-state index < -0.39 is 11.8 Å². The number of carbonyl (C=O) groups is 3. The molecule has 0 saturated heterocycles. The third kappa shape index (κ3) is 5.04. The Hall–Kier alpha value is -4.33. The third-order valence-electron chi connectivity index (χ3n) is 4.81. The third-order valence-corrected chi connectivity index (χ3v) is 4.81. The molecular formula is C24H21N3O5. The number of benzene rings is 3. The zero-order chi connectivity index (χ0) is 22.3. The number of hydrogen-bond donors (Lipinski definition) is 3. The second-order valence-corrected chi connectivity index (χ2v) is 7.04. The Labute approximate surface area is 184 Å². The van der Waals surface area contributed by atoms with Crippen molar-refractivity contribution < 1.29 is 23.9 Å². The predicted octanol–water partition coefficient (Wildman–Crippen LogP) is 2.60. The van der Waals surface area contributed by atoms with E-state index in [1.54, 1.807) is 42.5 Å². The van der Waals surface area contributed by atoms with Crippen LogP contribution in [0.5, 0.6) is 11.5 Å². The lowest BCUT2D eigenvalue weighted by Crippen LogP contribution is -2.35. The van der Waals surface area contributed by atoms with Crippen LogP contribution in [-0.2, 0) is 22.7 Å². The van der Waals surface area contributed by atoms with E-state index in [4.69, 9.17) is 9.47 Å². The first-order chi connectivity index (χ1) is 15.6. The van der Waals surface area contributed by atoms with Crippen LogP contribution in [0.15, 0.2) is 72.8 Å². The predicted molar refractivity (Wildman–Crippen MR) is 117 cm³/mol. The van der Waals surface area contributed by atoms with Crippen molar-refractivity contribution >= 4 is 23.4 Å². The number of carbonyl (C=O) groups excluding carboxylic acids is 3. The summed E-state index contributed by atoms with van der Waals surface area (Å²) in [5.74, 6) is -0.807. The molecule has 3 N–H and O–H groups in total. The van der Waals surface area contributed by atoms with Crippen LogP contribution in [0.3, 0.4) is 0 Å². The highest BCUT2D eigenvalue weighted by Crippen LogP contribution is 2.32. The fourth-order valence-electron chi connectivity index (χ4n) is 3.16. The zero-order valence-corrected chi connectivity index (χ0v) is 17.1. The molecule has 0 atom stereocenters. The standard InChI is InChI=1S/C24H21N3O5/c28-22(25-13-16-6-2-1-3-7-16)18-8-4-5-9-19(18)27-24(30)23(29)26-14-17-10-11-20-21(12-17)32-15-31-20/h1-12H,13-15H2,(H,25,28)(H,26,29)(H,27,30). The lowest BCUT2D eigenvalue weighted by Gasteiger charge is -2.12. The molecule has 162 valence electrons. The van der Waals surface area contributed by atoms with Gasteiger partial charge in [0.2, 0.25) is 6.79 Å². The molecule has 8 nitrogen and oxygen atoms in total. The Bertz CT molecular complexity index is 1150. The molecule has 1 aliphatic rings. The number of ether oxygens (including phenoxy) is 2. The smallest absolute Gasteiger partial charge is 0.313 e. The van der Waals surface area contributed by atoms with Crippen molar-refractivity contribution in [2.45, 2.75) is 13.1 Å². The molecule has 0 aliphatic carbocycles. The van der Waals surface area contributed by atoms with Crippen LogP contribution in [0.25, 0.3) is 0 Å². The molecule has 0 aromatic heterocycles. The average molecular weight is 431 g/mol. The molecule has 8 heteroatoms. The summed E-state index contributed by atoms with van der Waals surface area (Å²) < 4.78 is 10.6. The summed E-state index contributed by atoms with van der Waals surface area (Å²) in [6.45, 7) is 0.645. The van der Waals surface area contributed by atoms with Crippen LogP contribution >= 0.6 is 0 Å². The van der Waals surface area contributed by atoms with Crippen molar-refractivity contribution in [1.29, 1.82) is 0 Å². The number of hydrogen-bond acceptors (Lipinski definition) is 5. The number of para-hydroxylation sites is 1. The van der Waals surface area contributed by atoms with Gasteiger partial charge >= 0.3 is 11.8 Å². The first kappa shape index (κ1) is 20.9. The Morgan fingerprint density at radius 1 is 0.719 bits per heavy atom. The van der Waals surface area contributed by atoms with Gasteiger partial charge in [-0.1, -0.05) is 48.5 Å². The summed E-state index contributed by atoms with van der Waals surface area (Å²) in [4.78, 5) is 37.3. The highest BCUT2D eigenvalue weighted by atomic mass is 16.7. The topological polar surface area (TPSA) is 106 Å². The molecule has 0 spiro atoms. The number of rotatable bonds is 6. The monoisotopic (exact) mass is 431 g/mol. The molecule has 0 unspecified atom stereocenters. The molecular weight excluding hydrogens is 410 g/mol. The van der Waals surface area contributed by atoms with Gasteiger partial charge in [0.1, 0.15) is 0 Å².